The van der Waals surface area contributed by atoms with Crippen LogP contribution < -0.4 is 0 Å². The summed E-state index contributed by atoms with van der Waals surface area (Å²) in [4.78, 5) is 22.8. The molecule has 0 spiro atoms. The third-order valence-electron chi connectivity index (χ3n) is 2.32. The second-order valence-electron chi connectivity index (χ2n) is 4.67. The number of ether oxygens (including phenoxy) is 2. The molecule has 19 heavy (non-hydrogen) atoms. The van der Waals surface area contributed by atoms with Crippen molar-refractivity contribution in [2.75, 3.05) is 13.2 Å². The van der Waals surface area contributed by atoms with Crippen LogP contribution in [0.1, 0.15) is 24.2 Å². The van der Waals surface area contributed by atoms with Crippen LogP contribution in [0.3, 0.4) is 0 Å². The van der Waals surface area contributed by atoms with Gasteiger partial charge in [0.15, 0.2) is 5.78 Å². The van der Waals surface area contributed by atoms with Crippen LogP contribution in [0.5, 0.6) is 0 Å². The summed E-state index contributed by atoms with van der Waals surface area (Å²) in [6, 6.07) is 8.89. The monoisotopic (exact) mass is 262 g/mol. The van der Waals surface area contributed by atoms with Gasteiger partial charge in [-0.15, -0.1) is 0 Å². The van der Waals surface area contributed by atoms with Gasteiger partial charge in [0.1, 0.15) is 12.2 Å². The quantitative estimate of drug-likeness (QED) is 0.430. The molecule has 0 radical (unpaired) electrons. The van der Waals surface area contributed by atoms with Gasteiger partial charge in [-0.2, -0.15) is 0 Å². The Morgan fingerprint density at radius 3 is 2.47 bits per heavy atom. The van der Waals surface area contributed by atoms with Crippen molar-refractivity contribution in [2.24, 2.45) is 0 Å². The Bertz CT molecular complexity index is 448. The lowest BCUT2D eigenvalue weighted by Crippen LogP contribution is -2.33. The fraction of sp³-hybridized carbons (Fsp3) is 0.333. The first-order chi connectivity index (χ1) is 8.94. The molecule has 102 valence electrons. The molecule has 0 saturated heterocycles. The molecule has 0 aliphatic heterocycles. The Balaban J connectivity index is 2.39. The summed E-state index contributed by atoms with van der Waals surface area (Å²) in [5.41, 5.74) is -0.189. The SMILES string of the molecule is C=CC(=O)OC(C)(C)COCC(=O)c1ccccc1. The average Bonchev–Trinajstić information content (AvgIpc) is 2.38. The largest absolute Gasteiger partial charge is 0.454 e. The lowest BCUT2D eigenvalue weighted by Gasteiger charge is -2.23. The summed E-state index contributed by atoms with van der Waals surface area (Å²) in [5.74, 6) is -0.616. The molecule has 0 aliphatic rings. The lowest BCUT2D eigenvalue weighted by molar-refractivity contribution is -0.155. The number of benzene rings is 1. The Kier molecular flexibility index (Phi) is 5.45. The van der Waals surface area contributed by atoms with Crippen LogP contribution >= 0.6 is 0 Å². The summed E-state index contributed by atoms with van der Waals surface area (Å²) < 4.78 is 10.4. The maximum absolute atomic E-state index is 11.8. The minimum absolute atomic E-state index is 0.0426. The van der Waals surface area contributed by atoms with Gasteiger partial charge in [0.2, 0.25) is 0 Å². The molecule has 0 N–H and O–H groups in total. The zero-order chi connectivity index (χ0) is 14.3. The van der Waals surface area contributed by atoms with Crippen molar-refractivity contribution < 1.29 is 19.1 Å². The van der Waals surface area contributed by atoms with E-state index in [-0.39, 0.29) is 19.0 Å². The van der Waals surface area contributed by atoms with Gasteiger partial charge in [0, 0.05) is 11.6 Å². The highest BCUT2D eigenvalue weighted by atomic mass is 16.6. The second kappa shape index (κ2) is 6.85. The van der Waals surface area contributed by atoms with E-state index in [4.69, 9.17) is 9.47 Å². The minimum atomic E-state index is -0.789. The van der Waals surface area contributed by atoms with Crippen molar-refractivity contribution in [1.82, 2.24) is 0 Å². The van der Waals surface area contributed by atoms with Crippen LogP contribution in [-0.2, 0) is 14.3 Å². The van der Waals surface area contributed by atoms with Crippen LogP contribution in [0.2, 0.25) is 0 Å². The third kappa shape index (κ3) is 5.48. The van der Waals surface area contributed by atoms with Crippen molar-refractivity contribution in [3.8, 4) is 0 Å². The maximum atomic E-state index is 11.8. The van der Waals surface area contributed by atoms with E-state index >= 15 is 0 Å². The molecule has 1 rings (SSSR count). The predicted molar refractivity (Wildman–Crippen MR) is 72.0 cm³/mol. The lowest BCUT2D eigenvalue weighted by atomic mass is 10.1. The maximum Gasteiger partial charge on any atom is 0.330 e. The highest BCUT2D eigenvalue weighted by Gasteiger charge is 2.22. The van der Waals surface area contributed by atoms with Crippen LogP contribution in [-0.4, -0.2) is 30.6 Å². The van der Waals surface area contributed by atoms with E-state index in [2.05, 4.69) is 6.58 Å². The van der Waals surface area contributed by atoms with Crippen molar-refractivity contribution in [3.63, 3.8) is 0 Å². The number of hydrogen-bond acceptors (Lipinski definition) is 4. The van der Waals surface area contributed by atoms with Gasteiger partial charge in [0.05, 0.1) is 6.61 Å². The molecule has 0 aromatic heterocycles. The molecule has 0 bridgehead atoms. The van der Waals surface area contributed by atoms with Gasteiger partial charge in [-0.25, -0.2) is 4.79 Å². The molecule has 0 unspecified atom stereocenters. The summed E-state index contributed by atoms with van der Waals surface area (Å²) in [6.45, 7) is 6.84. The Labute approximate surface area is 113 Å². The average molecular weight is 262 g/mol. The number of rotatable bonds is 7. The number of hydrogen-bond donors (Lipinski definition) is 0. The molecule has 0 heterocycles. The number of carbonyl (C=O) groups is 2. The summed E-state index contributed by atoms with van der Waals surface area (Å²) in [6.07, 6.45) is 1.09. The molecular formula is C15H18O4. The molecule has 1 aromatic carbocycles. The normalized spacial score (nSPS) is 10.8. The second-order valence-corrected chi connectivity index (χ2v) is 4.67. The first-order valence-electron chi connectivity index (χ1n) is 5.96. The van der Waals surface area contributed by atoms with Crippen molar-refractivity contribution in [3.05, 3.63) is 48.6 Å². The number of ketones is 1. The van der Waals surface area contributed by atoms with Gasteiger partial charge in [0.25, 0.3) is 0 Å². The van der Waals surface area contributed by atoms with E-state index in [0.717, 1.165) is 6.08 Å². The zero-order valence-corrected chi connectivity index (χ0v) is 11.2. The van der Waals surface area contributed by atoms with Crippen LogP contribution in [0.4, 0.5) is 0 Å². The molecule has 0 aliphatic carbocycles. The van der Waals surface area contributed by atoms with Crippen molar-refractivity contribution in [2.45, 2.75) is 19.4 Å². The highest BCUT2D eigenvalue weighted by Crippen LogP contribution is 2.11. The molecule has 4 heteroatoms. The molecule has 1 aromatic rings. The summed E-state index contributed by atoms with van der Waals surface area (Å²) in [5, 5.41) is 0. The van der Waals surface area contributed by atoms with E-state index in [1.54, 1.807) is 38.1 Å². The van der Waals surface area contributed by atoms with E-state index in [1.807, 2.05) is 6.07 Å². The number of carbonyl (C=O) groups excluding carboxylic acids is 2. The topological polar surface area (TPSA) is 52.6 Å². The Morgan fingerprint density at radius 2 is 1.89 bits per heavy atom. The van der Waals surface area contributed by atoms with Gasteiger partial charge in [-0.3, -0.25) is 4.79 Å². The van der Waals surface area contributed by atoms with Crippen LogP contribution in [0, 0.1) is 0 Å². The van der Waals surface area contributed by atoms with E-state index in [9.17, 15) is 9.59 Å². The fourth-order valence-electron chi connectivity index (χ4n) is 1.44. The number of esters is 1. The van der Waals surface area contributed by atoms with E-state index in [1.165, 1.54) is 0 Å². The first-order valence-corrected chi connectivity index (χ1v) is 5.96. The standard InChI is InChI=1S/C15H18O4/c1-4-14(17)19-15(2,3)11-18-10-13(16)12-8-6-5-7-9-12/h4-9H,1,10-11H2,2-3H3. The predicted octanol–water partition coefficient (Wildman–Crippen LogP) is 2.39. The van der Waals surface area contributed by atoms with Crippen molar-refractivity contribution >= 4 is 11.8 Å². The minimum Gasteiger partial charge on any atom is -0.454 e. The van der Waals surface area contributed by atoms with Crippen LogP contribution in [0.25, 0.3) is 0 Å². The smallest absolute Gasteiger partial charge is 0.330 e. The summed E-state index contributed by atoms with van der Waals surface area (Å²) in [7, 11) is 0. The molecule has 0 atom stereocenters. The van der Waals surface area contributed by atoms with Gasteiger partial charge in [-0.1, -0.05) is 36.9 Å². The molecule has 0 amide bonds. The van der Waals surface area contributed by atoms with Crippen molar-refractivity contribution in [1.29, 1.82) is 0 Å². The fourth-order valence-corrected chi connectivity index (χ4v) is 1.44. The third-order valence-corrected chi connectivity index (χ3v) is 2.32. The molecule has 4 nitrogen and oxygen atoms in total. The van der Waals surface area contributed by atoms with Crippen LogP contribution in [0.15, 0.2) is 43.0 Å². The summed E-state index contributed by atoms with van der Waals surface area (Å²) >= 11 is 0. The van der Waals surface area contributed by atoms with Gasteiger partial charge < -0.3 is 9.47 Å². The first kappa shape index (κ1) is 15.1. The van der Waals surface area contributed by atoms with E-state index in [0.29, 0.717) is 5.56 Å². The molecular weight excluding hydrogens is 244 g/mol. The Hall–Kier alpha value is -1.94. The zero-order valence-electron chi connectivity index (χ0n) is 11.2. The van der Waals surface area contributed by atoms with Gasteiger partial charge in [-0.05, 0) is 13.8 Å². The van der Waals surface area contributed by atoms with E-state index < -0.39 is 11.6 Å². The molecule has 0 saturated carbocycles. The Morgan fingerprint density at radius 1 is 1.26 bits per heavy atom. The number of Topliss-reactive ketones (excluding diaryl/α,β-unsaturated/α-hetero) is 1. The molecule has 0 fully saturated rings. The van der Waals surface area contributed by atoms with Gasteiger partial charge >= 0.3 is 5.97 Å². The highest BCUT2D eigenvalue weighted by molar-refractivity contribution is 5.97.